The van der Waals surface area contributed by atoms with Crippen molar-refractivity contribution in [3.63, 3.8) is 0 Å². The van der Waals surface area contributed by atoms with E-state index in [1.807, 2.05) is 33.9 Å². The fraction of sp³-hybridized carbons (Fsp3) is 0.353. The summed E-state index contributed by atoms with van der Waals surface area (Å²) in [6.45, 7) is 5.97. The van der Waals surface area contributed by atoms with Gasteiger partial charge in [-0.3, -0.25) is 4.98 Å². The maximum absolute atomic E-state index is 13.2. The molecule has 3 heteroatoms. The van der Waals surface area contributed by atoms with Crippen molar-refractivity contribution in [2.24, 2.45) is 0 Å². The molecule has 1 atom stereocenters. The third-order valence-corrected chi connectivity index (χ3v) is 3.58. The first-order valence-corrected chi connectivity index (χ1v) is 6.87. The van der Waals surface area contributed by atoms with Crippen molar-refractivity contribution < 1.29 is 4.39 Å². The normalized spacial score (nSPS) is 12.4. The van der Waals surface area contributed by atoms with Crippen LogP contribution in [0.3, 0.4) is 0 Å². The highest BCUT2D eigenvalue weighted by molar-refractivity contribution is 5.31. The molecule has 2 rings (SSSR count). The zero-order chi connectivity index (χ0) is 14.7. The van der Waals surface area contributed by atoms with Gasteiger partial charge in [-0.15, -0.1) is 0 Å². The third kappa shape index (κ3) is 3.42. The van der Waals surface area contributed by atoms with Crippen molar-refractivity contribution in [2.75, 3.05) is 7.05 Å². The molecule has 0 saturated carbocycles. The Kier molecular flexibility index (Phi) is 4.50. The lowest BCUT2D eigenvalue weighted by molar-refractivity contribution is 0.585. The molecule has 20 heavy (non-hydrogen) atoms. The summed E-state index contributed by atoms with van der Waals surface area (Å²) < 4.78 is 13.2. The minimum absolute atomic E-state index is 0.178. The van der Waals surface area contributed by atoms with Gasteiger partial charge < -0.3 is 5.32 Å². The maximum atomic E-state index is 13.2. The highest BCUT2D eigenvalue weighted by Crippen LogP contribution is 2.22. The molecule has 0 fully saturated rings. The monoisotopic (exact) mass is 272 g/mol. The van der Waals surface area contributed by atoms with Gasteiger partial charge in [0.25, 0.3) is 0 Å². The van der Waals surface area contributed by atoms with Crippen LogP contribution in [0.2, 0.25) is 0 Å². The number of aromatic nitrogens is 1. The van der Waals surface area contributed by atoms with Gasteiger partial charge in [0.1, 0.15) is 5.82 Å². The summed E-state index contributed by atoms with van der Waals surface area (Å²) in [6.07, 6.45) is 0.839. The van der Waals surface area contributed by atoms with Crippen molar-refractivity contribution in [1.29, 1.82) is 0 Å². The van der Waals surface area contributed by atoms with E-state index >= 15 is 0 Å². The Morgan fingerprint density at radius 2 is 1.75 bits per heavy atom. The number of hydrogen-bond acceptors (Lipinski definition) is 2. The Balaban J connectivity index is 2.28. The van der Waals surface area contributed by atoms with Gasteiger partial charge in [0.05, 0.1) is 0 Å². The van der Waals surface area contributed by atoms with Crippen LogP contribution in [-0.2, 0) is 6.42 Å². The lowest BCUT2D eigenvalue weighted by Crippen LogP contribution is -2.19. The van der Waals surface area contributed by atoms with Gasteiger partial charge in [0, 0.05) is 17.4 Å². The molecule has 0 aliphatic carbocycles. The first-order chi connectivity index (χ1) is 9.49. The van der Waals surface area contributed by atoms with Crippen LogP contribution in [-0.4, -0.2) is 12.0 Å². The maximum Gasteiger partial charge on any atom is 0.123 e. The van der Waals surface area contributed by atoms with E-state index in [0.717, 1.165) is 28.9 Å². The summed E-state index contributed by atoms with van der Waals surface area (Å²) in [6, 6.07) is 9.40. The molecule has 0 aliphatic rings. The molecule has 2 aromatic rings. The standard InChI is InChI=1S/C17H21FN2/c1-11-7-16(18)6-5-14(11)10-17(19-4)15-8-12(2)20-13(3)9-15/h5-9,17,19H,10H2,1-4H3. The second kappa shape index (κ2) is 6.14. The molecule has 2 nitrogen and oxygen atoms in total. The predicted molar refractivity (Wildman–Crippen MR) is 80.4 cm³/mol. The van der Waals surface area contributed by atoms with Gasteiger partial charge in [0.2, 0.25) is 0 Å². The summed E-state index contributed by atoms with van der Waals surface area (Å²) in [5.41, 5.74) is 5.43. The van der Waals surface area contributed by atoms with Crippen LogP contribution in [0.1, 0.15) is 34.1 Å². The van der Waals surface area contributed by atoms with Gasteiger partial charge in [-0.05, 0) is 75.2 Å². The zero-order valence-corrected chi connectivity index (χ0v) is 12.5. The Morgan fingerprint density at radius 1 is 1.10 bits per heavy atom. The van der Waals surface area contributed by atoms with Crippen LogP contribution in [0.25, 0.3) is 0 Å². The Bertz CT molecular complexity index is 588. The minimum atomic E-state index is -0.178. The smallest absolute Gasteiger partial charge is 0.123 e. The first-order valence-electron chi connectivity index (χ1n) is 6.87. The summed E-state index contributed by atoms with van der Waals surface area (Å²) in [7, 11) is 1.95. The van der Waals surface area contributed by atoms with Gasteiger partial charge in [-0.25, -0.2) is 4.39 Å². The van der Waals surface area contributed by atoms with E-state index in [-0.39, 0.29) is 11.9 Å². The topological polar surface area (TPSA) is 24.9 Å². The number of nitrogens with zero attached hydrogens (tertiary/aromatic N) is 1. The first kappa shape index (κ1) is 14.7. The number of rotatable bonds is 4. The molecule has 0 saturated heterocycles. The van der Waals surface area contributed by atoms with Crippen LogP contribution in [0.5, 0.6) is 0 Å². The molecule has 0 amide bonds. The number of halogens is 1. The van der Waals surface area contributed by atoms with E-state index in [1.54, 1.807) is 6.07 Å². The van der Waals surface area contributed by atoms with E-state index < -0.39 is 0 Å². The zero-order valence-electron chi connectivity index (χ0n) is 12.5. The fourth-order valence-corrected chi connectivity index (χ4v) is 2.56. The SMILES string of the molecule is CNC(Cc1ccc(F)cc1C)c1cc(C)nc(C)c1. The Hall–Kier alpha value is -1.74. The van der Waals surface area contributed by atoms with Crippen LogP contribution in [0.15, 0.2) is 30.3 Å². The van der Waals surface area contributed by atoms with Gasteiger partial charge >= 0.3 is 0 Å². The van der Waals surface area contributed by atoms with E-state index in [9.17, 15) is 4.39 Å². The van der Waals surface area contributed by atoms with Crippen molar-refractivity contribution in [3.05, 3.63) is 64.2 Å². The van der Waals surface area contributed by atoms with Gasteiger partial charge in [0.15, 0.2) is 0 Å². The largest absolute Gasteiger partial charge is 0.313 e. The Morgan fingerprint density at radius 3 is 2.30 bits per heavy atom. The van der Waals surface area contributed by atoms with E-state index in [1.165, 1.54) is 11.6 Å². The number of benzene rings is 1. The predicted octanol–water partition coefficient (Wildman–Crippen LogP) is 3.65. The summed E-state index contributed by atoms with van der Waals surface area (Å²) in [5, 5.41) is 3.34. The number of aryl methyl sites for hydroxylation is 3. The van der Waals surface area contributed by atoms with Crippen molar-refractivity contribution in [2.45, 2.75) is 33.2 Å². The average Bonchev–Trinajstić information content (AvgIpc) is 2.36. The summed E-state index contributed by atoms with van der Waals surface area (Å²) >= 11 is 0. The molecule has 1 N–H and O–H groups in total. The lowest BCUT2D eigenvalue weighted by Gasteiger charge is -2.19. The van der Waals surface area contributed by atoms with Gasteiger partial charge in [-0.1, -0.05) is 6.07 Å². The highest BCUT2D eigenvalue weighted by atomic mass is 19.1. The van der Waals surface area contributed by atoms with Gasteiger partial charge in [-0.2, -0.15) is 0 Å². The third-order valence-electron chi connectivity index (χ3n) is 3.58. The second-order valence-electron chi connectivity index (χ2n) is 5.30. The molecule has 1 unspecified atom stereocenters. The quantitative estimate of drug-likeness (QED) is 0.919. The van der Waals surface area contributed by atoms with Crippen molar-refractivity contribution in [3.8, 4) is 0 Å². The van der Waals surface area contributed by atoms with Crippen LogP contribution in [0.4, 0.5) is 4.39 Å². The summed E-state index contributed by atoms with van der Waals surface area (Å²) in [5.74, 6) is -0.178. The van der Waals surface area contributed by atoms with E-state index in [2.05, 4.69) is 22.4 Å². The number of hydrogen-bond donors (Lipinski definition) is 1. The summed E-state index contributed by atoms with van der Waals surface area (Å²) in [4.78, 5) is 4.41. The van der Waals surface area contributed by atoms with Crippen LogP contribution in [0, 0.1) is 26.6 Å². The molecule has 106 valence electrons. The van der Waals surface area contributed by atoms with Crippen molar-refractivity contribution >= 4 is 0 Å². The number of pyridine rings is 1. The molecule has 1 aromatic heterocycles. The molecule has 1 heterocycles. The second-order valence-corrected chi connectivity index (χ2v) is 5.30. The molecule has 0 bridgehead atoms. The molecule has 0 radical (unpaired) electrons. The highest BCUT2D eigenvalue weighted by Gasteiger charge is 2.13. The van der Waals surface area contributed by atoms with E-state index in [4.69, 9.17) is 0 Å². The molecular weight excluding hydrogens is 251 g/mol. The Labute approximate surface area is 120 Å². The molecule has 0 aliphatic heterocycles. The molecule has 1 aromatic carbocycles. The number of nitrogens with one attached hydrogen (secondary N) is 1. The number of likely N-dealkylation sites (N-methyl/N-ethyl adjacent to an activating group) is 1. The fourth-order valence-electron chi connectivity index (χ4n) is 2.56. The van der Waals surface area contributed by atoms with Crippen LogP contribution >= 0.6 is 0 Å². The van der Waals surface area contributed by atoms with Crippen molar-refractivity contribution in [1.82, 2.24) is 10.3 Å². The van der Waals surface area contributed by atoms with E-state index in [0.29, 0.717) is 0 Å². The van der Waals surface area contributed by atoms with Crippen LogP contribution < -0.4 is 5.32 Å². The average molecular weight is 272 g/mol. The lowest BCUT2D eigenvalue weighted by atomic mass is 9.96. The molecule has 0 spiro atoms. The molecular formula is C17H21FN2. The minimum Gasteiger partial charge on any atom is -0.313 e.